The van der Waals surface area contributed by atoms with Crippen molar-refractivity contribution in [3.8, 4) is 34.1 Å². The maximum atomic E-state index is 3.41. The molecule has 0 heterocycles. The van der Waals surface area contributed by atoms with E-state index in [0.717, 1.165) is 0 Å². The zero-order valence-electron chi connectivity index (χ0n) is 15.6. The molecule has 0 aromatic heterocycles. The molecule has 2 heteroatoms. The predicted octanol–water partition coefficient (Wildman–Crippen LogP) is 4.31. The molecule has 0 unspecified atom stereocenters. The summed E-state index contributed by atoms with van der Waals surface area (Å²) < 4.78 is 0. The van der Waals surface area contributed by atoms with Crippen molar-refractivity contribution in [2.75, 3.05) is 0 Å². The van der Waals surface area contributed by atoms with Gasteiger partial charge in [-0.3, -0.25) is 0 Å². The first-order chi connectivity index (χ1) is 11.3. The molecule has 0 fully saturated rings. The van der Waals surface area contributed by atoms with Gasteiger partial charge >= 0.3 is 0 Å². The van der Waals surface area contributed by atoms with Gasteiger partial charge in [0.2, 0.25) is 0 Å². The Kier molecular flexibility index (Phi) is 5.55. The monoisotopic (exact) mass is 346 g/mol. The van der Waals surface area contributed by atoms with E-state index in [1.54, 1.807) is 0 Å². The maximum absolute atomic E-state index is 3.41. The van der Waals surface area contributed by atoms with E-state index < -0.39 is 16.1 Å². The van der Waals surface area contributed by atoms with Gasteiger partial charge < -0.3 is 0 Å². The van der Waals surface area contributed by atoms with Crippen molar-refractivity contribution in [2.45, 2.75) is 40.0 Å². The first-order valence-electron chi connectivity index (χ1n) is 8.39. The lowest BCUT2D eigenvalue weighted by Crippen LogP contribution is -2.40. The van der Waals surface area contributed by atoms with E-state index in [4.69, 9.17) is 0 Å². The SMILES string of the molecule is CC#C[Si](C)(C)c1ccc(-c2ccc([Si](C)(C)C#CC)cc2)cc1. The fourth-order valence-corrected chi connectivity index (χ4v) is 6.47. The van der Waals surface area contributed by atoms with Crippen molar-refractivity contribution >= 4 is 26.5 Å². The molecule has 0 aliphatic carbocycles. The minimum atomic E-state index is -1.62. The van der Waals surface area contributed by atoms with Crippen molar-refractivity contribution in [1.82, 2.24) is 0 Å². The Morgan fingerprint density at radius 2 is 0.833 bits per heavy atom. The van der Waals surface area contributed by atoms with E-state index in [1.165, 1.54) is 21.5 Å². The minimum absolute atomic E-state index is 1.26. The standard InChI is InChI=1S/C22H26Si2/c1-7-17-23(3,4)21-13-9-19(10-14-21)20-11-15-22(16-12-20)24(5,6)18-8-2/h9-16H,1-6H3. The highest BCUT2D eigenvalue weighted by Gasteiger charge is 2.21. The van der Waals surface area contributed by atoms with Crippen LogP contribution in [0.2, 0.25) is 26.2 Å². The Bertz CT molecular complexity index is 745. The van der Waals surface area contributed by atoms with Crippen LogP contribution in [0.1, 0.15) is 13.8 Å². The molecule has 0 radical (unpaired) electrons. The molecule has 0 aliphatic heterocycles. The summed E-state index contributed by atoms with van der Waals surface area (Å²) in [6, 6.07) is 17.9. The Balaban J connectivity index is 2.29. The molecule has 2 aromatic rings. The van der Waals surface area contributed by atoms with Gasteiger partial charge in [-0.2, -0.15) is 0 Å². The molecule has 24 heavy (non-hydrogen) atoms. The molecule has 122 valence electrons. The fraction of sp³-hybridized carbons (Fsp3) is 0.273. The van der Waals surface area contributed by atoms with Crippen molar-refractivity contribution in [1.29, 1.82) is 0 Å². The largest absolute Gasteiger partial charge is 0.162 e. The Morgan fingerprint density at radius 1 is 0.542 bits per heavy atom. The zero-order valence-corrected chi connectivity index (χ0v) is 17.6. The van der Waals surface area contributed by atoms with Crippen molar-refractivity contribution < 1.29 is 0 Å². The lowest BCUT2D eigenvalue weighted by Gasteiger charge is -2.17. The van der Waals surface area contributed by atoms with E-state index in [9.17, 15) is 0 Å². The molecule has 0 N–H and O–H groups in total. The molecule has 0 nitrogen and oxygen atoms in total. The summed E-state index contributed by atoms with van der Waals surface area (Å²) in [7, 11) is -3.23. The van der Waals surface area contributed by atoms with Gasteiger partial charge in [0.25, 0.3) is 0 Å². The number of hydrogen-bond donors (Lipinski definition) is 0. The van der Waals surface area contributed by atoms with E-state index in [2.05, 4.69) is 97.6 Å². The van der Waals surface area contributed by atoms with Gasteiger partial charge in [-0.15, -0.1) is 22.9 Å². The predicted molar refractivity (Wildman–Crippen MR) is 113 cm³/mol. The van der Waals surface area contributed by atoms with Crippen LogP contribution < -0.4 is 10.4 Å². The van der Waals surface area contributed by atoms with Gasteiger partial charge in [-0.1, -0.05) is 74.7 Å². The van der Waals surface area contributed by atoms with Gasteiger partial charge in [0, 0.05) is 0 Å². The molecule has 0 atom stereocenters. The van der Waals surface area contributed by atoms with Crippen molar-refractivity contribution in [3.05, 3.63) is 48.5 Å². The molecule has 0 amide bonds. The van der Waals surface area contributed by atoms with Crippen LogP contribution in [0.4, 0.5) is 0 Å². The lowest BCUT2D eigenvalue weighted by molar-refractivity contribution is 1.63. The molecule has 0 saturated carbocycles. The van der Waals surface area contributed by atoms with Crippen LogP contribution in [0, 0.1) is 22.9 Å². The van der Waals surface area contributed by atoms with Gasteiger partial charge in [0.15, 0.2) is 16.1 Å². The van der Waals surface area contributed by atoms with E-state index >= 15 is 0 Å². The molecular formula is C22H26Si2. The van der Waals surface area contributed by atoms with E-state index in [0.29, 0.717) is 0 Å². The van der Waals surface area contributed by atoms with Gasteiger partial charge in [-0.25, -0.2) is 0 Å². The molecule has 0 saturated heterocycles. The quantitative estimate of drug-likeness (QED) is 0.574. The molecule has 0 bridgehead atoms. The normalized spacial score (nSPS) is 11.1. The smallest absolute Gasteiger partial charge is 0.126 e. The molecule has 2 aromatic carbocycles. The third-order valence-electron chi connectivity index (χ3n) is 4.42. The second-order valence-electron chi connectivity index (χ2n) is 7.15. The van der Waals surface area contributed by atoms with Crippen LogP contribution in [-0.4, -0.2) is 16.1 Å². The summed E-state index contributed by atoms with van der Waals surface area (Å²) in [6.07, 6.45) is 0. The summed E-state index contributed by atoms with van der Waals surface area (Å²) in [6.45, 7) is 13.1. The van der Waals surface area contributed by atoms with Crippen LogP contribution >= 0.6 is 0 Å². The number of hydrogen-bond acceptors (Lipinski definition) is 0. The van der Waals surface area contributed by atoms with Crippen LogP contribution in [0.3, 0.4) is 0 Å². The number of rotatable bonds is 3. The third kappa shape index (κ3) is 4.09. The van der Waals surface area contributed by atoms with Crippen LogP contribution in [0.25, 0.3) is 11.1 Å². The Hall–Kier alpha value is -2.01. The molecule has 2 rings (SSSR count). The fourth-order valence-electron chi connectivity index (χ4n) is 2.93. The first-order valence-corrected chi connectivity index (χ1v) is 14.4. The second kappa shape index (κ2) is 7.26. The highest BCUT2D eigenvalue weighted by Crippen LogP contribution is 2.18. The maximum Gasteiger partial charge on any atom is 0.162 e. The average molecular weight is 347 g/mol. The van der Waals surface area contributed by atoms with Crippen LogP contribution in [0.5, 0.6) is 0 Å². The second-order valence-corrected chi connectivity index (χ2v) is 15.3. The summed E-state index contributed by atoms with van der Waals surface area (Å²) in [4.78, 5) is 0. The minimum Gasteiger partial charge on any atom is -0.126 e. The van der Waals surface area contributed by atoms with E-state index in [-0.39, 0.29) is 0 Å². The van der Waals surface area contributed by atoms with Crippen LogP contribution in [-0.2, 0) is 0 Å². The molecule has 0 aliphatic rings. The number of benzene rings is 2. The topological polar surface area (TPSA) is 0 Å². The van der Waals surface area contributed by atoms with Crippen molar-refractivity contribution in [2.24, 2.45) is 0 Å². The highest BCUT2D eigenvalue weighted by molar-refractivity contribution is 6.96. The lowest BCUT2D eigenvalue weighted by atomic mass is 10.1. The van der Waals surface area contributed by atoms with Gasteiger partial charge in [0.05, 0.1) is 0 Å². The Morgan fingerprint density at radius 3 is 1.08 bits per heavy atom. The van der Waals surface area contributed by atoms with Crippen molar-refractivity contribution in [3.63, 3.8) is 0 Å². The van der Waals surface area contributed by atoms with Crippen LogP contribution in [0.15, 0.2) is 48.5 Å². The highest BCUT2D eigenvalue weighted by atomic mass is 28.3. The Labute approximate surface area is 149 Å². The average Bonchev–Trinajstić information content (AvgIpc) is 2.55. The van der Waals surface area contributed by atoms with Gasteiger partial charge in [-0.05, 0) is 35.3 Å². The first kappa shape index (κ1) is 18.3. The van der Waals surface area contributed by atoms with Gasteiger partial charge in [0.1, 0.15) is 0 Å². The summed E-state index contributed by atoms with van der Waals surface area (Å²) in [5.41, 5.74) is 9.36. The summed E-state index contributed by atoms with van der Waals surface area (Å²) >= 11 is 0. The molecule has 0 spiro atoms. The zero-order chi connectivity index (χ0) is 17.8. The summed E-state index contributed by atoms with van der Waals surface area (Å²) in [5.74, 6) is 6.18. The molecular weight excluding hydrogens is 320 g/mol. The third-order valence-corrected chi connectivity index (χ3v) is 9.72. The van der Waals surface area contributed by atoms with E-state index in [1.807, 2.05) is 13.8 Å². The summed E-state index contributed by atoms with van der Waals surface area (Å²) in [5, 5.41) is 2.79.